The number of hydrogen-bond acceptors (Lipinski definition) is 4. The van der Waals surface area contributed by atoms with E-state index in [-0.39, 0.29) is 27.7 Å². The van der Waals surface area contributed by atoms with E-state index < -0.39 is 12.5 Å². The highest BCUT2D eigenvalue weighted by atomic mass is 32.1. The van der Waals surface area contributed by atoms with Crippen LogP contribution in [0.1, 0.15) is 67.2 Å². The second-order valence-corrected chi connectivity index (χ2v) is 9.00. The quantitative estimate of drug-likeness (QED) is 0.332. The lowest BCUT2D eigenvalue weighted by Gasteiger charge is -2.40. The fourth-order valence-corrected chi connectivity index (χ4v) is 2.64. The predicted octanol–water partition coefficient (Wildman–Crippen LogP) is 2.32. The Hall–Kier alpha value is -0.700. The largest absolute Gasteiger partial charge is 0.376 e. The zero-order valence-electron chi connectivity index (χ0n) is 16.5. The molecule has 0 aliphatic carbocycles. The number of nitrogens with two attached hydrogens (primary N) is 2. The first-order chi connectivity index (χ1) is 11.3. The number of aliphatic hydroxyl groups excluding tert-OH is 2. The van der Waals surface area contributed by atoms with Gasteiger partial charge in [0.1, 0.15) is 12.5 Å². The Morgan fingerprint density at radius 1 is 0.840 bits per heavy atom. The van der Waals surface area contributed by atoms with Crippen molar-refractivity contribution in [2.75, 3.05) is 6.67 Å². The molecule has 148 valence electrons. The summed E-state index contributed by atoms with van der Waals surface area (Å²) in [6.07, 6.45) is 1.03. The SMILES string of the molecule is CCC(C)(C)CC(O)N(CN(C(N)=S)C(O)CC(C)(C)CC)C(N)=S. The highest BCUT2D eigenvalue weighted by Gasteiger charge is 2.31. The van der Waals surface area contributed by atoms with Crippen LogP contribution in [0.25, 0.3) is 0 Å². The first-order valence-electron chi connectivity index (χ1n) is 8.74. The van der Waals surface area contributed by atoms with E-state index in [2.05, 4.69) is 41.5 Å². The van der Waals surface area contributed by atoms with Crippen LogP contribution in [0, 0.1) is 10.8 Å². The molecule has 0 aromatic heterocycles. The molecule has 6 N–H and O–H groups in total. The molecule has 25 heavy (non-hydrogen) atoms. The van der Waals surface area contributed by atoms with Crippen molar-refractivity contribution < 1.29 is 10.2 Å². The molecule has 0 aliphatic rings. The maximum absolute atomic E-state index is 10.6. The summed E-state index contributed by atoms with van der Waals surface area (Å²) in [4.78, 5) is 2.90. The molecule has 0 amide bonds. The van der Waals surface area contributed by atoms with E-state index in [0.29, 0.717) is 12.8 Å². The van der Waals surface area contributed by atoms with Gasteiger partial charge in [0, 0.05) is 0 Å². The molecule has 0 bridgehead atoms. The van der Waals surface area contributed by atoms with Crippen molar-refractivity contribution in [3.8, 4) is 0 Å². The molecule has 0 spiro atoms. The Balaban J connectivity index is 5.27. The Morgan fingerprint density at radius 2 is 1.12 bits per heavy atom. The van der Waals surface area contributed by atoms with Gasteiger partial charge in [0.2, 0.25) is 0 Å². The van der Waals surface area contributed by atoms with Gasteiger partial charge >= 0.3 is 0 Å². The molecule has 0 aromatic carbocycles. The standard InChI is InChI=1S/C17H36N4O2S2/c1-7-16(3,4)9-12(22)20(14(18)24)11-21(15(19)25)13(23)10-17(5,6)8-2/h12-13,22-23H,7-11H2,1-6H3,(H2,18,24)(H2,19,25). The maximum Gasteiger partial charge on any atom is 0.169 e. The van der Waals surface area contributed by atoms with Gasteiger partial charge in [0.15, 0.2) is 10.2 Å². The van der Waals surface area contributed by atoms with Crippen LogP contribution in [-0.4, -0.2) is 49.4 Å². The molecule has 2 unspecified atom stereocenters. The molecule has 8 heteroatoms. The van der Waals surface area contributed by atoms with E-state index in [0.717, 1.165) is 12.8 Å². The predicted molar refractivity (Wildman–Crippen MR) is 112 cm³/mol. The summed E-state index contributed by atoms with van der Waals surface area (Å²) < 4.78 is 0. The Labute approximate surface area is 163 Å². The van der Waals surface area contributed by atoms with Crippen molar-refractivity contribution in [1.82, 2.24) is 9.80 Å². The van der Waals surface area contributed by atoms with Crippen molar-refractivity contribution in [3.63, 3.8) is 0 Å². The van der Waals surface area contributed by atoms with Crippen LogP contribution >= 0.6 is 24.4 Å². The van der Waals surface area contributed by atoms with E-state index in [1.807, 2.05) is 0 Å². The first-order valence-corrected chi connectivity index (χ1v) is 9.56. The van der Waals surface area contributed by atoms with Crippen LogP contribution in [0.5, 0.6) is 0 Å². The summed E-state index contributed by atoms with van der Waals surface area (Å²) in [7, 11) is 0. The van der Waals surface area contributed by atoms with Gasteiger partial charge in [0.25, 0.3) is 0 Å². The Bertz CT molecular complexity index is 418. The summed E-state index contributed by atoms with van der Waals surface area (Å²) >= 11 is 10.2. The lowest BCUT2D eigenvalue weighted by molar-refractivity contribution is -0.0443. The highest BCUT2D eigenvalue weighted by molar-refractivity contribution is 7.80. The minimum absolute atomic E-state index is 0.0441. The van der Waals surface area contributed by atoms with E-state index in [1.54, 1.807) is 0 Å². The molecule has 0 saturated carbocycles. The monoisotopic (exact) mass is 392 g/mol. The molecule has 6 nitrogen and oxygen atoms in total. The van der Waals surface area contributed by atoms with Crippen molar-refractivity contribution in [1.29, 1.82) is 0 Å². The van der Waals surface area contributed by atoms with Crippen LogP contribution in [-0.2, 0) is 0 Å². The lowest BCUT2D eigenvalue weighted by atomic mass is 9.85. The van der Waals surface area contributed by atoms with Gasteiger partial charge in [-0.3, -0.25) is 0 Å². The molecule has 0 saturated heterocycles. The molecule has 0 aliphatic heterocycles. The van der Waals surface area contributed by atoms with Gasteiger partial charge in [0.05, 0.1) is 6.67 Å². The topological polar surface area (TPSA) is 99.0 Å². The summed E-state index contributed by atoms with van der Waals surface area (Å²) in [5.41, 5.74) is 11.5. The molecule has 0 fully saturated rings. The van der Waals surface area contributed by atoms with Crippen molar-refractivity contribution >= 4 is 34.7 Å². The number of hydrogen-bond donors (Lipinski definition) is 4. The minimum Gasteiger partial charge on any atom is -0.376 e. The molecule has 2 atom stereocenters. The third-order valence-electron chi connectivity index (χ3n) is 4.97. The summed E-state index contributed by atoms with van der Waals surface area (Å²) in [5, 5.41) is 21.3. The first kappa shape index (κ1) is 24.3. The van der Waals surface area contributed by atoms with Gasteiger partial charge in [-0.15, -0.1) is 0 Å². The second-order valence-electron chi connectivity index (χ2n) is 8.16. The van der Waals surface area contributed by atoms with Gasteiger partial charge in [-0.2, -0.15) is 0 Å². The maximum atomic E-state index is 10.6. The second kappa shape index (κ2) is 9.85. The summed E-state index contributed by atoms with van der Waals surface area (Å²) in [5.74, 6) is 0. The molecule has 0 aromatic rings. The van der Waals surface area contributed by atoms with Crippen molar-refractivity contribution in [3.05, 3.63) is 0 Å². The van der Waals surface area contributed by atoms with Gasteiger partial charge in [-0.25, -0.2) is 0 Å². The average Bonchev–Trinajstić information content (AvgIpc) is 2.45. The summed E-state index contributed by atoms with van der Waals surface area (Å²) in [6.45, 7) is 12.4. The minimum atomic E-state index is -0.879. The summed E-state index contributed by atoms with van der Waals surface area (Å²) in [6, 6.07) is 0. The van der Waals surface area contributed by atoms with E-state index in [9.17, 15) is 10.2 Å². The van der Waals surface area contributed by atoms with Crippen LogP contribution in [0.2, 0.25) is 0 Å². The van der Waals surface area contributed by atoms with Crippen molar-refractivity contribution in [2.24, 2.45) is 22.3 Å². The molecule has 0 radical (unpaired) electrons. The van der Waals surface area contributed by atoms with E-state index in [4.69, 9.17) is 35.9 Å². The van der Waals surface area contributed by atoms with Crippen LogP contribution in [0.15, 0.2) is 0 Å². The van der Waals surface area contributed by atoms with Crippen LogP contribution in [0.4, 0.5) is 0 Å². The molecule has 0 rings (SSSR count). The number of nitrogens with zero attached hydrogens (tertiary/aromatic N) is 2. The van der Waals surface area contributed by atoms with Gasteiger partial charge in [-0.1, -0.05) is 54.4 Å². The smallest absolute Gasteiger partial charge is 0.169 e. The number of rotatable bonds is 10. The Morgan fingerprint density at radius 3 is 1.32 bits per heavy atom. The van der Waals surface area contributed by atoms with Crippen LogP contribution in [0.3, 0.4) is 0 Å². The molecular weight excluding hydrogens is 356 g/mol. The third-order valence-corrected chi connectivity index (χ3v) is 5.44. The highest BCUT2D eigenvalue weighted by Crippen LogP contribution is 2.29. The lowest BCUT2D eigenvalue weighted by Crippen LogP contribution is -2.56. The van der Waals surface area contributed by atoms with Crippen LogP contribution < -0.4 is 11.5 Å². The number of aliphatic hydroxyl groups is 2. The normalized spacial score (nSPS) is 14.7. The Kier molecular flexibility index (Phi) is 9.57. The third kappa shape index (κ3) is 8.48. The van der Waals surface area contributed by atoms with Crippen molar-refractivity contribution in [2.45, 2.75) is 79.7 Å². The molecular formula is C17H36N4O2S2. The fraction of sp³-hybridized carbons (Fsp3) is 0.882. The molecule has 0 heterocycles. The van der Waals surface area contributed by atoms with E-state index in [1.165, 1.54) is 9.80 Å². The zero-order valence-corrected chi connectivity index (χ0v) is 18.1. The van der Waals surface area contributed by atoms with E-state index >= 15 is 0 Å². The zero-order chi connectivity index (χ0) is 20.0. The fourth-order valence-electron chi connectivity index (χ4n) is 2.28. The van der Waals surface area contributed by atoms with Gasteiger partial charge in [-0.05, 0) is 48.1 Å². The van der Waals surface area contributed by atoms with Gasteiger partial charge < -0.3 is 31.5 Å². The average molecular weight is 393 g/mol. The number of thiocarbonyl (C=S) groups is 2.